The van der Waals surface area contributed by atoms with Crippen LogP contribution in [0.1, 0.15) is 0 Å². The molecule has 0 N–H and O–H groups in total. The number of furan rings is 2. The van der Waals surface area contributed by atoms with Crippen molar-refractivity contribution in [3.63, 3.8) is 0 Å². The maximum Gasteiger partial charge on any atom is 0.164 e. The first-order valence-electron chi connectivity index (χ1n) is 18.9. The molecule has 57 heavy (non-hydrogen) atoms. The predicted molar refractivity (Wildman–Crippen MR) is 234 cm³/mol. The van der Waals surface area contributed by atoms with Crippen molar-refractivity contribution in [1.82, 2.24) is 15.0 Å². The molecule has 0 aliphatic heterocycles. The highest BCUT2D eigenvalue weighted by Gasteiger charge is 2.20. The number of nitrogens with zero attached hydrogens (tertiary/aromatic N) is 3. The van der Waals surface area contributed by atoms with Crippen molar-refractivity contribution < 1.29 is 8.83 Å². The molecule has 0 saturated heterocycles. The molecule has 12 rings (SSSR count). The van der Waals surface area contributed by atoms with Gasteiger partial charge in [0, 0.05) is 64.0 Å². The summed E-state index contributed by atoms with van der Waals surface area (Å²) < 4.78 is 15.8. The van der Waals surface area contributed by atoms with Crippen LogP contribution in [0.4, 0.5) is 0 Å². The fourth-order valence-corrected chi connectivity index (χ4v) is 9.36. The molecule has 0 spiro atoms. The third kappa shape index (κ3) is 5.19. The van der Waals surface area contributed by atoms with Crippen LogP contribution in [0.5, 0.6) is 0 Å². The van der Waals surface area contributed by atoms with Crippen molar-refractivity contribution in [2.75, 3.05) is 0 Å². The molecule has 8 aromatic carbocycles. The van der Waals surface area contributed by atoms with Gasteiger partial charge in [0.05, 0.1) is 0 Å². The highest BCUT2D eigenvalue weighted by atomic mass is 32.1. The maximum atomic E-state index is 6.72. The van der Waals surface area contributed by atoms with E-state index in [2.05, 4.69) is 103 Å². The van der Waals surface area contributed by atoms with E-state index in [4.69, 9.17) is 23.8 Å². The minimum absolute atomic E-state index is 0.588. The summed E-state index contributed by atoms with van der Waals surface area (Å²) in [6.45, 7) is 0. The van der Waals surface area contributed by atoms with E-state index < -0.39 is 0 Å². The Hall–Kier alpha value is -7.41. The van der Waals surface area contributed by atoms with E-state index in [-0.39, 0.29) is 0 Å². The van der Waals surface area contributed by atoms with Crippen LogP contribution in [0.2, 0.25) is 0 Å². The van der Waals surface area contributed by atoms with Gasteiger partial charge in [-0.1, -0.05) is 127 Å². The molecule has 5 nitrogen and oxygen atoms in total. The number of fused-ring (bicyclic) bond motifs is 9. The van der Waals surface area contributed by atoms with E-state index in [0.29, 0.717) is 17.5 Å². The standard InChI is InChI=1S/C51H29N3O2S/c1-3-11-30(12-4-1)49-52-50(31-13-5-2-6-14-31)54-51(53-49)34-20-22-37-41-27-32(21-26-43(41)55-44(37)28-34)36-25-24-35(47-40-16-7-9-17-42(40)56-48(36)47)33-19-23-39-38-15-8-10-18-45(38)57-46(39)29-33/h1-29H. The quantitative estimate of drug-likeness (QED) is 0.175. The minimum atomic E-state index is 0.588. The zero-order valence-corrected chi connectivity index (χ0v) is 31.1. The SMILES string of the molecule is c1ccc(-c2nc(-c3ccccc3)nc(-c3ccc4c(c3)oc3ccc(-c5ccc(-c6ccc7c(c6)sc6ccccc67)c6c5oc5ccccc56)cc34)n2)cc1. The Morgan fingerprint density at radius 2 is 0.912 bits per heavy atom. The molecule has 0 amide bonds. The lowest BCUT2D eigenvalue weighted by atomic mass is 9.94. The summed E-state index contributed by atoms with van der Waals surface area (Å²) in [5.74, 6) is 1.83. The second kappa shape index (κ2) is 12.6. The van der Waals surface area contributed by atoms with E-state index >= 15 is 0 Å². The number of para-hydroxylation sites is 1. The second-order valence-electron chi connectivity index (χ2n) is 14.3. The van der Waals surface area contributed by atoms with E-state index in [9.17, 15) is 0 Å². The molecule has 0 aliphatic carbocycles. The molecule has 0 radical (unpaired) electrons. The van der Waals surface area contributed by atoms with E-state index in [1.54, 1.807) is 0 Å². The topological polar surface area (TPSA) is 65.0 Å². The van der Waals surface area contributed by atoms with Gasteiger partial charge in [0.2, 0.25) is 0 Å². The Morgan fingerprint density at radius 3 is 1.70 bits per heavy atom. The normalized spacial score (nSPS) is 11.9. The maximum absolute atomic E-state index is 6.72. The molecular formula is C51H29N3O2S. The van der Waals surface area contributed by atoms with Gasteiger partial charge in [0.1, 0.15) is 22.3 Å². The molecule has 266 valence electrons. The summed E-state index contributed by atoms with van der Waals surface area (Å²) in [5, 5.41) is 6.87. The van der Waals surface area contributed by atoms with E-state index in [1.807, 2.05) is 84.1 Å². The predicted octanol–water partition coefficient (Wildman–Crippen LogP) is 14.4. The average Bonchev–Trinajstić information content (AvgIpc) is 3.97. The fraction of sp³-hybridized carbons (Fsp3) is 0. The molecule has 6 heteroatoms. The number of hydrogen-bond donors (Lipinski definition) is 0. The largest absolute Gasteiger partial charge is 0.456 e. The van der Waals surface area contributed by atoms with Crippen LogP contribution in [0.15, 0.2) is 185 Å². The molecule has 4 aromatic heterocycles. The van der Waals surface area contributed by atoms with Gasteiger partial charge < -0.3 is 8.83 Å². The Morgan fingerprint density at radius 1 is 0.333 bits per heavy atom. The highest BCUT2D eigenvalue weighted by Crippen LogP contribution is 2.45. The summed E-state index contributed by atoms with van der Waals surface area (Å²) in [7, 11) is 0. The monoisotopic (exact) mass is 747 g/mol. The molecule has 0 atom stereocenters. The number of aromatic nitrogens is 3. The van der Waals surface area contributed by atoms with Gasteiger partial charge in [-0.15, -0.1) is 11.3 Å². The number of hydrogen-bond acceptors (Lipinski definition) is 6. The summed E-state index contributed by atoms with van der Waals surface area (Å²) in [6, 6.07) is 60.9. The van der Waals surface area contributed by atoms with Crippen LogP contribution >= 0.6 is 11.3 Å². The van der Waals surface area contributed by atoms with Crippen molar-refractivity contribution in [2.45, 2.75) is 0 Å². The molecule has 12 aromatic rings. The van der Waals surface area contributed by atoms with Crippen LogP contribution in [0.25, 0.3) is 120 Å². The first-order valence-corrected chi connectivity index (χ1v) is 19.7. The van der Waals surface area contributed by atoms with Gasteiger partial charge in [0.15, 0.2) is 17.5 Å². The molecule has 4 heterocycles. The number of thiophene rings is 1. The molecular weight excluding hydrogens is 719 g/mol. The van der Waals surface area contributed by atoms with E-state index in [0.717, 1.165) is 77.3 Å². The van der Waals surface area contributed by atoms with Crippen molar-refractivity contribution in [3.05, 3.63) is 176 Å². The van der Waals surface area contributed by atoms with Crippen molar-refractivity contribution >= 4 is 75.4 Å². The van der Waals surface area contributed by atoms with Gasteiger partial charge in [-0.05, 0) is 65.2 Å². The van der Waals surface area contributed by atoms with Crippen LogP contribution in [0.3, 0.4) is 0 Å². The Kier molecular flexibility index (Phi) is 7.03. The van der Waals surface area contributed by atoms with Crippen LogP contribution in [-0.4, -0.2) is 15.0 Å². The first-order chi connectivity index (χ1) is 28.2. The molecule has 0 unspecified atom stereocenters. The molecule has 0 saturated carbocycles. The van der Waals surface area contributed by atoms with Gasteiger partial charge >= 0.3 is 0 Å². The first kappa shape index (κ1) is 31.9. The van der Waals surface area contributed by atoms with Crippen LogP contribution < -0.4 is 0 Å². The van der Waals surface area contributed by atoms with Gasteiger partial charge in [-0.25, -0.2) is 15.0 Å². The molecule has 0 aliphatic rings. The summed E-state index contributed by atoms with van der Waals surface area (Å²) in [5.41, 5.74) is 10.5. The third-order valence-electron chi connectivity index (χ3n) is 11.0. The van der Waals surface area contributed by atoms with Crippen LogP contribution in [0, 0.1) is 0 Å². The van der Waals surface area contributed by atoms with Crippen molar-refractivity contribution in [3.8, 4) is 56.4 Å². The number of benzene rings is 8. The number of rotatable bonds is 5. The van der Waals surface area contributed by atoms with E-state index in [1.165, 1.54) is 25.7 Å². The Bertz CT molecular complexity index is 3470. The fourth-order valence-electron chi connectivity index (χ4n) is 8.21. The third-order valence-corrected chi connectivity index (χ3v) is 12.1. The van der Waals surface area contributed by atoms with Gasteiger partial charge in [-0.2, -0.15) is 0 Å². The second-order valence-corrected chi connectivity index (χ2v) is 15.4. The minimum Gasteiger partial charge on any atom is -0.456 e. The summed E-state index contributed by atoms with van der Waals surface area (Å²) >= 11 is 1.84. The lowest BCUT2D eigenvalue weighted by Crippen LogP contribution is -2.00. The van der Waals surface area contributed by atoms with Crippen molar-refractivity contribution in [2.24, 2.45) is 0 Å². The lowest BCUT2D eigenvalue weighted by molar-refractivity contribution is 0.668. The summed E-state index contributed by atoms with van der Waals surface area (Å²) in [6.07, 6.45) is 0. The highest BCUT2D eigenvalue weighted by molar-refractivity contribution is 7.25. The Balaban J connectivity index is 0.983. The smallest absolute Gasteiger partial charge is 0.164 e. The molecule has 0 fully saturated rings. The lowest BCUT2D eigenvalue weighted by Gasteiger charge is -2.09. The average molecular weight is 748 g/mol. The Labute approximate surface area is 330 Å². The van der Waals surface area contributed by atoms with Crippen molar-refractivity contribution in [1.29, 1.82) is 0 Å². The zero-order chi connectivity index (χ0) is 37.5. The summed E-state index contributed by atoms with van der Waals surface area (Å²) in [4.78, 5) is 14.7. The van der Waals surface area contributed by atoms with Gasteiger partial charge in [-0.3, -0.25) is 0 Å². The zero-order valence-electron chi connectivity index (χ0n) is 30.3. The molecule has 0 bridgehead atoms. The van der Waals surface area contributed by atoms with Gasteiger partial charge in [0.25, 0.3) is 0 Å². The van der Waals surface area contributed by atoms with Crippen LogP contribution in [-0.2, 0) is 0 Å².